The maximum absolute atomic E-state index is 12.5. The largest absolute Gasteiger partial charge is 0.488 e. The van der Waals surface area contributed by atoms with Gasteiger partial charge in [-0.15, -0.1) is 0 Å². The van der Waals surface area contributed by atoms with E-state index in [1.54, 1.807) is 7.05 Å². The summed E-state index contributed by atoms with van der Waals surface area (Å²) in [4.78, 5) is 17.0. The van der Waals surface area contributed by atoms with Crippen LogP contribution in [-0.2, 0) is 4.43 Å². The van der Waals surface area contributed by atoms with Gasteiger partial charge in [0.25, 0.3) is 5.91 Å². The Labute approximate surface area is 176 Å². The van der Waals surface area contributed by atoms with Gasteiger partial charge in [0.1, 0.15) is 6.61 Å². The zero-order valence-corrected chi connectivity index (χ0v) is 20.1. The van der Waals surface area contributed by atoms with Crippen molar-refractivity contribution in [1.29, 1.82) is 0 Å². The minimum absolute atomic E-state index is 0.142. The summed E-state index contributed by atoms with van der Waals surface area (Å²) in [7, 11) is 1.89. The van der Waals surface area contributed by atoms with E-state index in [0.717, 1.165) is 31.9 Å². The smallest absolute Gasteiger partial charge is 0.254 e. The molecule has 0 atom stereocenters. The normalized spacial score (nSPS) is 16.0. The zero-order chi connectivity index (χ0) is 21.8. The summed E-state index contributed by atoms with van der Waals surface area (Å²) >= 11 is 0. The Morgan fingerprint density at radius 1 is 1.17 bits per heavy atom. The second kappa shape index (κ2) is 9.36. The lowest BCUT2D eigenvalue weighted by Gasteiger charge is -2.36. The number of nitrogen functional groups attached to an aromatic ring is 1. The number of nitrogens with two attached hydrogens (primary N) is 1. The molecule has 2 rings (SSSR count). The van der Waals surface area contributed by atoms with E-state index >= 15 is 0 Å². The van der Waals surface area contributed by atoms with E-state index in [2.05, 4.69) is 56.0 Å². The Morgan fingerprint density at radius 3 is 2.34 bits per heavy atom. The molecule has 1 amide bonds. The van der Waals surface area contributed by atoms with Crippen LogP contribution in [0.25, 0.3) is 0 Å². The molecule has 0 unspecified atom stereocenters. The first kappa shape index (κ1) is 23.5. The van der Waals surface area contributed by atoms with E-state index < -0.39 is 8.32 Å². The maximum Gasteiger partial charge on any atom is 0.254 e. The lowest BCUT2D eigenvalue weighted by molar-refractivity contribution is 0.0957. The van der Waals surface area contributed by atoms with Gasteiger partial charge in [0, 0.05) is 38.9 Å². The van der Waals surface area contributed by atoms with E-state index in [1.165, 1.54) is 0 Å². The van der Waals surface area contributed by atoms with Gasteiger partial charge in [-0.2, -0.15) is 0 Å². The Bertz CT molecular complexity index is 711. The third-order valence-corrected chi connectivity index (χ3v) is 10.6. The van der Waals surface area contributed by atoms with E-state index in [-0.39, 0.29) is 10.9 Å². The number of piperazine rings is 1. The minimum Gasteiger partial charge on any atom is -0.488 e. The molecule has 8 heteroatoms. The Morgan fingerprint density at radius 2 is 1.79 bits per heavy atom. The van der Waals surface area contributed by atoms with E-state index in [1.807, 2.05) is 12.1 Å². The predicted molar refractivity (Wildman–Crippen MR) is 123 cm³/mol. The molecule has 0 aromatic heterocycles. The van der Waals surface area contributed by atoms with Crippen molar-refractivity contribution in [1.82, 2.24) is 10.2 Å². The van der Waals surface area contributed by atoms with Crippen LogP contribution < -0.4 is 20.7 Å². The molecule has 1 aromatic rings. The van der Waals surface area contributed by atoms with Crippen molar-refractivity contribution in [3.63, 3.8) is 0 Å². The minimum atomic E-state index is -1.84. The standard InChI is InChI=1S/C21H38N4O3Si/c1-21(2,3)29(6,7)28-13-12-27-19-17(20(26)23-4)14-16(15-18(19)22)25-10-8-24(5)9-11-25/h14-15H,8-13,22H2,1-7H3,(H,23,26). The lowest BCUT2D eigenvalue weighted by atomic mass is 10.1. The first-order valence-electron chi connectivity index (χ1n) is 10.3. The van der Waals surface area contributed by atoms with Gasteiger partial charge in [0.05, 0.1) is 17.9 Å². The second-order valence-corrected chi connectivity index (χ2v) is 14.0. The summed E-state index contributed by atoms with van der Waals surface area (Å²) in [6.07, 6.45) is 0. The third-order valence-electron chi connectivity index (χ3n) is 6.04. The molecule has 164 valence electrons. The van der Waals surface area contributed by atoms with Crippen molar-refractivity contribution in [3.05, 3.63) is 17.7 Å². The SMILES string of the molecule is CNC(=O)c1cc(N2CCN(C)CC2)cc(N)c1OCCO[Si](C)(C)C(C)(C)C. The van der Waals surface area contributed by atoms with Crippen molar-refractivity contribution in [2.45, 2.75) is 38.9 Å². The van der Waals surface area contributed by atoms with E-state index in [0.29, 0.717) is 30.2 Å². The molecule has 0 spiro atoms. The van der Waals surface area contributed by atoms with Crippen molar-refractivity contribution >= 4 is 25.6 Å². The molecule has 29 heavy (non-hydrogen) atoms. The molecule has 1 aromatic carbocycles. The predicted octanol–water partition coefficient (Wildman–Crippen LogP) is 2.78. The summed E-state index contributed by atoms with van der Waals surface area (Å²) in [6.45, 7) is 15.7. The molecular formula is C21H38N4O3Si. The van der Waals surface area contributed by atoms with Gasteiger partial charge in [-0.05, 0) is 37.3 Å². The molecule has 1 fully saturated rings. The molecule has 0 saturated carbocycles. The Hall–Kier alpha value is -1.77. The number of ether oxygens (including phenoxy) is 1. The number of nitrogens with one attached hydrogen (secondary N) is 1. The molecule has 7 nitrogen and oxygen atoms in total. The molecule has 0 aliphatic carbocycles. The van der Waals surface area contributed by atoms with Crippen LogP contribution >= 0.6 is 0 Å². The number of anilines is 2. The van der Waals surface area contributed by atoms with Gasteiger partial charge in [-0.3, -0.25) is 4.79 Å². The number of amides is 1. The molecule has 3 N–H and O–H groups in total. The van der Waals surface area contributed by atoms with Gasteiger partial charge >= 0.3 is 0 Å². The zero-order valence-electron chi connectivity index (χ0n) is 19.1. The first-order chi connectivity index (χ1) is 13.5. The van der Waals surface area contributed by atoms with Crippen LogP contribution in [0.1, 0.15) is 31.1 Å². The molecule has 1 aliphatic rings. The molecular weight excluding hydrogens is 384 g/mol. The average Bonchev–Trinajstić information content (AvgIpc) is 2.64. The van der Waals surface area contributed by atoms with E-state index in [4.69, 9.17) is 14.9 Å². The number of rotatable bonds is 7. The number of carbonyl (C=O) groups is 1. The highest BCUT2D eigenvalue weighted by atomic mass is 28.4. The van der Waals surface area contributed by atoms with Crippen LogP contribution in [-0.4, -0.2) is 72.6 Å². The first-order valence-corrected chi connectivity index (χ1v) is 13.2. The number of nitrogens with zero attached hydrogens (tertiary/aromatic N) is 2. The van der Waals surface area contributed by atoms with Crippen LogP contribution in [0.4, 0.5) is 11.4 Å². The second-order valence-electron chi connectivity index (χ2n) is 9.24. The van der Waals surface area contributed by atoms with Crippen LogP contribution in [0.15, 0.2) is 12.1 Å². The topological polar surface area (TPSA) is 80.1 Å². The summed E-state index contributed by atoms with van der Waals surface area (Å²) < 4.78 is 12.1. The number of carbonyl (C=O) groups excluding carboxylic acids is 1. The van der Waals surface area contributed by atoms with Crippen molar-refractivity contribution in [3.8, 4) is 5.75 Å². The number of hydrogen-bond acceptors (Lipinski definition) is 6. The number of benzene rings is 1. The van der Waals surface area contributed by atoms with Crippen molar-refractivity contribution in [2.24, 2.45) is 0 Å². The fourth-order valence-electron chi connectivity index (χ4n) is 3.00. The highest BCUT2D eigenvalue weighted by molar-refractivity contribution is 6.74. The fraction of sp³-hybridized carbons (Fsp3) is 0.667. The molecule has 0 radical (unpaired) electrons. The van der Waals surface area contributed by atoms with Gasteiger partial charge in [0.2, 0.25) is 0 Å². The summed E-state index contributed by atoms with van der Waals surface area (Å²) in [6, 6.07) is 3.78. The van der Waals surface area contributed by atoms with Crippen molar-refractivity contribution in [2.75, 3.05) is 64.1 Å². The lowest BCUT2D eigenvalue weighted by Crippen LogP contribution is -2.44. The van der Waals surface area contributed by atoms with Gasteiger partial charge < -0.3 is 30.0 Å². The van der Waals surface area contributed by atoms with Gasteiger partial charge in [-0.1, -0.05) is 20.8 Å². The van der Waals surface area contributed by atoms with Crippen LogP contribution in [0.3, 0.4) is 0 Å². The average molecular weight is 423 g/mol. The van der Waals surface area contributed by atoms with Crippen molar-refractivity contribution < 1.29 is 14.0 Å². The number of hydrogen-bond donors (Lipinski definition) is 2. The van der Waals surface area contributed by atoms with Crippen LogP contribution in [0.2, 0.25) is 18.1 Å². The third kappa shape index (κ3) is 5.87. The number of likely N-dealkylation sites (N-methyl/N-ethyl adjacent to an activating group) is 1. The Balaban J connectivity index is 2.13. The van der Waals surface area contributed by atoms with Gasteiger partial charge in [-0.25, -0.2) is 0 Å². The van der Waals surface area contributed by atoms with Crippen LogP contribution in [0, 0.1) is 0 Å². The molecule has 1 aliphatic heterocycles. The summed E-state index contributed by atoms with van der Waals surface area (Å²) in [5, 5.41) is 2.84. The summed E-state index contributed by atoms with van der Waals surface area (Å²) in [5.74, 6) is 0.231. The Kier molecular flexibility index (Phi) is 7.59. The quantitative estimate of drug-likeness (QED) is 0.400. The van der Waals surface area contributed by atoms with Gasteiger partial charge in [0.15, 0.2) is 14.1 Å². The monoisotopic (exact) mass is 422 g/mol. The van der Waals surface area contributed by atoms with Crippen LogP contribution in [0.5, 0.6) is 5.75 Å². The molecule has 1 heterocycles. The molecule has 1 saturated heterocycles. The molecule has 0 bridgehead atoms. The summed E-state index contributed by atoms with van der Waals surface area (Å²) in [5.41, 5.74) is 8.21. The fourth-order valence-corrected chi connectivity index (χ4v) is 4.03. The van der Waals surface area contributed by atoms with E-state index in [9.17, 15) is 4.79 Å². The highest BCUT2D eigenvalue weighted by Crippen LogP contribution is 2.37. The highest BCUT2D eigenvalue weighted by Gasteiger charge is 2.37. The maximum atomic E-state index is 12.5.